The lowest BCUT2D eigenvalue weighted by Crippen LogP contribution is -2.23. The monoisotopic (exact) mass is 267 g/mol. The largest absolute Gasteiger partial charge is 0.352 e. The van der Waals surface area contributed by atoms with Crippen LogP contribution in [0.5, 0.6) is 0 Å². The Morgan fingerprint density at radius 3 is 2.05 bits per heavy atom. The molecule has 104 valence electrons. The van der Waals surface area contributed by atoms with E-state index in [-0.39, 0.29) is 5.91 Å². The molecule has 0 aliphatic heterocycles. The quantitative estimate of drug-likeness (QED) is 0.882. The Morgan fingerprint density at radius 2 is 1.45 bits per heavy atom. The molecular weight excluding hydrogens is 246 g/mol. The summed E-state index contributed by atoms with van der Waals surface area (Å²) in [6.07, 6.45) is 1.34. The number of nitrogens with one attached hydrogen (secondary N) is 1. The lowest BCUT2D eigenvalue weighted by molar-refractivity contribution is -0.121. The molecule has 2 aromatic rings. The van der Waals surface area contributed by atoms with Gasteiger partial charge in [0.1, 0.15) is 0 Å². The molecule has 0 spiro atoms. The number of amides is 1. The van der Waals surface area contributed by atoms with Crippen LogP contribution in [0.25, 0.3) is 0 Å². The molecule has 1 N–H and O–H groups in total. The van der Waals surface area contributed by atoms with Crippen molar-refractivity contribution in [3.63, 3.8) is 0 Å². The maximum atomic E-state index is 11.9. The number of carbonyl (C=O) groups excluding carboxylic acids is 1. The molecular formula is C18H21NO. The van der Waals surface area contributed by atoms with E-state index >= 15 is 0 Å². The third kappa shape index (κ3) is 3.95. The van der Waals surface area contributed by atoms with Crippen molar-refractivity contribution in [2.45, 2.75) is 33.2 Å². The Bertz CT molecular complexity index is 538. The van der Waals surface area contributed by atoms with Crippen LogP contribution in [0.4, 0.5) is 0 Å². The first-order chi connectivity index (χ1) is 9.66. The van der Waals surface area contributed by atoms with Gasteiger partial charge in [-0.05, 0) is 42.5 Å². The summed E-state index contributed by atoms with van der Waals surface area (Å²) in [6.45, 7) is 4.76. The van der Waals surface area contributed by atoms with Gasteiger partial charge in [0, 0.05) is 13.0 Å². The van der Waals surface area contributed by atoms with Crippen LogP contribution in [-0.4, -0.2) is 5.91 Å². The minimum atomic E-state index is 0.108. The highest BCUT2D eigenvalue weighted by atomic mass is 16.1. The highest BCUT2D eigenvalue weighted by molar-refractivity contribution is 5.76. The van der Waals surface area contributed by atoms with Gasteiger partial charge in [-0.25, -0.2) is 0 Å². The van der Waals surface area contributed by atoms with Crippen LogP contribution in [0, 0.1) is 13.8 Å². The molecule has 20 heavy (non-hydrogen) atoms. The summed E-state index contributed by atoms with van der Waals surface area (Å²) in [4.78, 5) is 11.9. The van der Waals surface area contributed by atoms with Crippen molar-refractivity contribution in [3.8, 4) is 0 Å². The van der Waals surface area contributed by atoms with Gasteiger partial charge in [0.25, 0.3) is 0 Å². The van der Waals surface area contributed by atoms with Gasteiger partial charge in [-0.2, -0.15) is 0 Å². The lowest BCUT2D eigenvalue weighted by atomic mass is 10.0. The summed E-state index contributed by atoms with van der Waals surface area (Å²) in [5, 5.41) is 2.99. The second-order valence-corrected chi connectivity index (χ2v) is 5.13. The van der Waals surface area contributed by atoms with Gasteiger partial charge in [-0.3, -0.25) is 4.79 Å². The first-order valence-corrected chi connectivity index (χ1v) is 7.02. The van der Waals surface area contributed by atoms with Gasteiger partial charge in [0.15, 0.2) is 0 Å². The number of hydrogen-bond donors (Lipinski definition) is 1. The Kier molecular flexibility index (Phi) is 4.94. The minimum Gasteiger partial charge on any atom is -0.352 e. The fourth-order valence-corrected chi connectivity index (χ4v) is 2.23. The van der Waals surface area contributed by atoms with Crippen molar-refractivity contribution in [2.24, 2.45) is 0 Å². The molecule has 1 amide bonds. The molecule has 0 aliphatic carbocycles. The van der Waals surface area contributed by atoms with E-state index in [1.807, 2.05) is 24.3 Å². The minimum absolute atomic E-state index is 0.108. The molecule has 2 rings (SSSR count). The van der Waals surface area contributed by atoms with Crippen molar-refractivity contribution in [1.29, 1.82) is 0 Å². The Labute approximate surface area is 120 Å². The maximum absolute atomic E-state index is 11.9. The standard InChI is InChI=1S/C18H21NO/c1-14-7-3-5-9-16(14)11-12-18(20)19-13-17-10-6-4-8-15(17)2/h3-10H,11-13H2,1-2H3,(H,19,20). The molecule has 0 aromatic heterocycles. The van der Waals surface area contributed by atoms with Crippen LogP contribution in [0.1, 0.15) is 28.7 Å². The number of rotatable bonds is 5. The summed E-state index contributed by atoms with van der Waals surface area (Å²) < 4.78 is 0. The Hall–Kier alpha value is -2.09. The molecule has 0 unspecified atom stereocenters. The maximum Gasteiger partial charge on any atom is 0.220 e. The highest BCUT2D eigenvalue weighted by Crippen LogP contribution is 2.10. The molecule has 2 nitrogen and oxygen atoms in total. The highest BCUT2D eigenvalue weighted by Gasteiger charge is 2.04. The van der Waals surface area contributed by atoms with Gasteiger partial charge in [0.05, 0.1) is 0 Å². The summed E-state index contributed by atoms with van der Waals surface area (Å²) in [7, 11) is 0. The van der Waals surface area contributed by atoms with Gasteiger partial charge in [-0.15, -0.1) is 0 Å². The molecule has 0 atom stereocenters. The summed E-state index contributed by atoms with van der Waals surface area (Å²) >= 11 is 0. The molecule has 0 radical (unpaired) electrons. The van der Waals surface area contributed by atoms with Crippen molar-refractivity contribution in [1.82, 2.24) is 5.32 Å². The zero-order chi connectivity index (χ0) is 14.4. The average Bonchev–Trinajstić information content (AvgIpc) is 2.45. The van der Waals surface area contributed by atoms with E-state index in [1.54, 1.807) is 0 Å². The van der Waals surface area contributed by atoms with Gasteiger partial charge < -0.3 is 5.32 Å². The number of carbonyl (C=O) groups is 1. The SMILES string of the molecule is Cc1ccccc1CCC(=O)NCc1ccccc1C. The number of hydrogen-bond acceptors (Lipinski definition) is 1. The normalized spacial score (nSPS) is 10.3. The summed E-state index contributed by atoms with van der Waals surface area (Å²) in [5.41, 5.74) is 4.89. The van der Waals surface area contributed by atoms with Crippen LogP contribution in [0.15, 0.2) is 48.5 Å². The van der Waals surface area contributed by atoms with Crippen molar-refractivity contribution >= 4 is 5.91 Å². The molecule has 0 bridgehead atoms. The lowest BCUT2D eigenvalue weighted by Gasteiger charge is -2.08. The van der Waals surface area contributed by atoms with Crippen molar-refractivity contribution in [2.75, 3.05) is 0 Å². The van der Waals surface area contributed by atoms with Crippen LogP contribution < -0.4 is 5.32 Å². The number of aryl methyl sites for hydroxylation is 3. The molecule has 0 fully saturated rings. The molecule has 0 aliphatic rings. The fraction of sp³-hybridized carbons (Fsp3) is 0.278. The van der Waals surface area contributed by atoms with E-state index in [9.17, 15) is 4.79 Å². The van der Waals surface area contributed by atoms with Crippen molar-refractivity contribution in [3.05, 3.63) is 70.8 Å². The van der Waals surface area contributed by atoms with E-state index < -0.39 is 0 Å². The van der Waals surface area contributed by atoms with Crippen LogP contribution in [0.2, 0.25) is 0 Å². The summed E-state index contributed by atoms with van der Waals surface area (Å²) in [6, 6.07) is 16.3. The third-order valence-corrected chi connectivity index (χ3v) is 3.62. The molecule has 0 saturated carbocycles. The summed E-state index contributed by atoms with van der Waals surface area (Å²) in [5.74, 6) is 0.108. The topological polar surface area (TPSA) is 29.1 Å². The van der Waals surface area contributed by atoms with E-state index in [2.05, 4.69) is 43.4 Å². The number of benzene rings is 2. The predicted octanol–water partition coefficient (Wildman–Crippen LogP) is 3.55. The van der Waals surface area contributed by atoms with Crippen LogP contribution in [0.3, 0.4) is 0 Å². The first kappa shape index (κ1) is 14.3. The Balaban J connectivity index is 1.82. The van der Waals surface area contributed by atoms with Crippen LogP contribution >= 0.6 is 0 Å². The van der Waals surface area contributed by atoms with Gasteiger partial charge in [0.2, 0.25) is 5.91 Å². The zero-order valence-corrected chi connectivity index (χ0v) is 12.1. The molecule has 2 heteroatoms. The smallest absolute Gasteiger partial charge is 0.220 e. The van der Waals surface area contributed by atoms with Gasteiger partial charge in [-0.1, -0.05) is 48.5 Å². The molecule has 2 aromatic carbocycles. The van der Waals surface area contributed by atoms with Crippen LogP contribution in [-0.2, 0) is 17.8 Å². The van der Waals surface area contributed by atoms with Gasteiger partial charge >= 0.3 is 0 Å². The van der Waals surface area contributed by atoms with E-state index in [0.29, 0.717) is 13.0 Å². The van der Waals surface area contributed by atoms with E-state index in [0.717, 1.165) is 6.42 Å². The second-order valence-electron chi connectivity index (χ2n) is 5.13. The predicted molar refractivity (Wildman–Crippen MR) is 82.5 cm³/mol. The van der Waals surface area contributed by atoms with E-state index in [1.165, 1.54) is 22.3 Å². The van der Waals surface area contributed by atoms with E-state index in [4.69, 9.17) is 0 Å². The third-order valence-electron chi connectivity index (χ3n) is 3.62. The zero-order valence-electron chi connectivity index (χ0n) is 12.1. The molecule has 0 saturated heterocycles. The molecule has 0 heterocycles. The average molecular weight is 267 g/mol. The first-order valence-electron chi connectivity index (χ1n) is 7.02. The Morgan fingerprint density at radius 1 is 0.900 bits per heavy atom. The fourth-order valence-electron chi connectivity index (χ4n) is 2.23. The van der Waals surface area contributed by atoms with Crippen molar-refractivity contribution < 1.29 is 4.79 Å². The second kappa shape index (κ2) is 6.90.